The fourth-order valence-electron chi connectivity index (χ4n) is 1.90. The Hall–Kier alpha value is -2.74. The maximum absolute atomic E-state index is 12.9. The molecule has 0 aliphatic carbocycles. The number of nitrogens with one attached hydrogen (secondary N) is 1. The van der Waals surface area contributed by atoms with Gasteiger partial charge in [0.25, 0.3) is 0 Å². The van der Waals surface area contributed by atoms with Crippen molar-refractivity contribution in [3.05, 3.63) is 53.8 Å². The molecule has 1 N–H and O–H groups in total. The van der Waals surface area contributed by atoms with Gasteiger partial charge >= 0.3 is 0 Å². The zero-order chi connectivity index (χ0) is 15.2. The molecule has 0 aliphatic rings. The first kappa shape index (κ1) is 14.7. The molecular formula is C16H15FN2O2. The number of benzene rings is 2. The quantitative estimate of drug-likeness (QED) is 0.913. The molecule has 21 heavy (non-hydrogen) atoms. The van der Waals surface area contributed by atoms with Gasteiger partial charge < -0.3 is 14.8 Å². The van der Waals surface area contributed by atoms with Gasteiger partial charge in [-0.15, -0.1) is 0 Å². The summed E-state index contributed by atoms with van der Waals surface area (Å²) >= 11 is 0. The van der Waals surface area contributed by atoms with Crippen LogP contribution in [0, 0.1) is 17.1 Å². The third-order valence-electron chi connectivity index (χ3n) is 2.99. The van der Waals surface area contributed by atoms with Crippen LogP contribution >= 0.6 is 0 Å². The lowest BCUT2D eigenvalue weighted by molar-refractivity contribution is 0.393. The highest BCUT2D eigenvalue weighted by Gasteiger charge is 2.13. The van der Waals surface area contributed by atoms with E-state index >= 15 is 0 Å². The summed E-state index contributed by atoms with van der Waals surface area (Å²) in [5.41, 5.74) is 1.36. The third kappa shape index (κ3) is 3.63. The van der Waals surface area contributed by atoms with Gasteiger partial charge in [0.15, 0.2) is 0 Å². The number of hydrogen-bond donors (Lipinski definition) is 1. The standard InChI is InChI=1S/C16H15FN2O2/c1-20-14-7-11(8-15(9-14)21-2)16(10-18)19-13-5-3-12(17)4-6-13/h3-9,16,19H,1-2H3. The Morgan fingerprint density at radius 2 is 1.62 bits per heavy atom. The Labute approximate surface area is 122 Å². The molecule has 0 fully saturated rings. The van der Waals surface area contributed by atoms with E-state index in [9.17, 15) is 9.65 Å². The number of anilines is 1. The lowest BCUT2D eigenvalue weighted by Gasteiger charge is -2.15. The first-order valence-corrected chi connectivity index (χ1v) is 6.31. The molecular weight excluding hydrogens is 271 g/mol. The summed E-state index contributed by atoms with van der Waals surface area (Å²) in [6, 6.07) is 12.6. The maximum Gasteiger partial charge on any atom is 0.140 e. The molecule has 0 aromatic heterocycles. The summed E-state index contributed by atoms with van der Waals surface area (Å²) in [5, 5.41) is 12.4. The second-order valence-electron chi connectivity index (χ2n) is 4.36. The molecule has 0 amide bonds. The van der Waals surface area contributed by atoms with E-state index < -0.39 is 6.04 Å². The van der Waals surface area contributed by atoms with Gasteiger partial charge in [0.1, 0.15) is 23.4 Å². The van der Waals surface area contributed by atoms with Gasteiger partial charge in [-0.25, -0.2) is 4.39 Å². The van der Waals surface area contributed by atoms with E-state index in [1.165, 1.54) is 12.1 Å². The normalized spacial score (nSPS) is 11.3. The Bertz CT molecular complexity index is 628. The zero-order valence-electron chi connectivity index (χ0n) is 11.8. The number of nitriles is 1. The van der Waals surface area contributed by atoms with Crippen molar-refractivity contribution >= 4 is 5.69 Å². The van der Waals surface area contributed by atoms with Crippen molar-refractivity contribution in [1.29, 1.82) is 5.26 Å². The van der Waals surface area contributed by atoms with Crippen molar-refractivity contribution in [2.45, 2.75) is 6.04 Å². The van der Waals surface area contributed by atoms with Crippen LogP contribution in [0.25, 0.3) is 0 Å². The number of halogens is 1. The van der Waals surface area contributed by atoms with Crippen molar-refractivity contribution < 1.29 is 13.9 Å². The molecule has 5 heteroatoms. The van der Waals surface area contributed by atoms with Gasteiger partial charge in [0.05, 0.1) is 20.3 Å². The Kier molecular flexibility index (Phi) is 4.62. The van der Waals surface area contributed by atoms with E-state index in [1.807, 2.05) is 0 Å². The van der Waals surface area contributed by atoms with Crippen LogP contribution in [-0.2, 0) is 0 Å². The smallest absolute Gasteiger partial charge is 0.140 e. The second kappa shape index (κ2) is 6.62. The van der Waals surface area contributed by atoms with E-state index in [4.69, 9.17) is 9.47 Å². The molecule has 0 radical (unpaired) electrons. The van der Waals surface area contributed by atoms with Crippen molar-refractivity contribution in [3.8, 4) is 17.6 Å². The molecule has 0 aliphatic heterocycles. The number of hydrogen-bond acceptors (Lipinski definition) is 4. The number of ether oxygens (including phenoxy) is 2. The average Bonchev–Trinajstić information content (AvgIpc) is 2.53. The van der Waals surface area contributed by atoms with Crippen LogP contribution in [0.15, 0.2) is 42.5 Å². The summed E-state index contributed by atoms with van der Waals surface area (Å²) in [4.78, 5) is 0. The van der Waals surface area contributed by atoms with Crippen LogP contribution in [0.2, 0.25) is 0 Å². The summed E-state index contributed by atoms with van der Waals surface area (Å²) in [5.74, 6) is 0.883. The minimum atomic E-state index is -0.598. The molecule has 108 valence electrons. The van der Waals surface area contributed by atoms with E-state index in [0.717, 1.165) is 0 Å². The van der Waals surface area contributed by atoms with Crippen LogP contribution < -0.4 is 14.8 Å². The predicted molar refractivity (Wildman–Crippen MR) is 77.9 cm³/mol. The Morgan fingerprint density at radius 3 is 2.10 bits per heavy atom. The minimum absolute atomic E-state index is 0.322. The average molecular weight is 286 g/mol. The van der Waals surface area contributed by atoms with Crippen LogP contribution in [0.4, 0.5) is 10.1 Å². The molecule has 0 heterocycles. The van der Waals surface area contributed by atoms with E-state index in [0.29, 0.717) is 22.7 Å². The van der Waals surface area contributed by atoms with Crippen molar-refractivity contribution in [2.24, 2.45) is 0 Å². The van der Waals surface area contributed by atoms with E-state index in [1.54, 1.807) is 44.6 Å². The summed E-state index contributed by atoms with van der Waals surface area (Å²) in [7, 11) is 3.10. The molecule has 1 atom stereocenters. The van der Waals surface area contributed by atoms with Gasteiger partial charge in [-0.3, -0.25) is 0 Å². The van der Waals surface area contributed by atoms with Crippen molar-refractivity contribution in [2.75, 3.05) is 19.5 Å². The zero-order valence-corrected chi connectivity index (χ0v) is 11.8. The lowest BCUT2D eigenvalue weighted by atomic mass is 10.1. The fraction of sp³-hybridized carbons (Fsp3) is 0.188. The van der Waals surface area contributed by atoms with E-state index in [-0.39, 0.29) is 5.82 Å². The fourth-order valence-corrected chi connectivity index (χ4v) is 1.90. The molecule has 4 nitrogen and oxygen atoms in total. The number of nitrogens with zero attached hydrogens (tertiary/aromatic N) is 1. The monoisotopic (exact) mass is 286 g/mol. The SMILES string of the molecule is COc1cc(OC)cc(C(C#N)Nc2ccc(F)cc2)c1. The minimum Gasteiger partial charge on any atom is -0.497 e. The van der Waals surface area contributed by atoms with Crippen LogP contribution in [-0.4, -0.2) is 14.2 Å². The molecule has 0 spiro atoms. The first-order valence-electron chi connectivity index (χ1n) is 6.31. The molecule has 0 saturated heterocycles. The van der Waals surface area contributed by atoms with Gasteiger partial charge in [0.2, 0.25) is 0 Å². The van der Waals surface area contributed by atoms with Gasteiger partial charge in [0, 0.05) is 11.8 Å². The van der Waals surface area contributed by atoms with Crippen molar-refractivity contribution in [3.63, 3.8) is 0 Å². The summed E-state index contributed by atoms with van der Waals surface area (Å²) < 4.78 is 23.3. The number of methoxy groups -OCH3 is 2. The topological polar surface area (TPSA) is 54.3 Å². The van der Waals surface area contributed by atoms with E-state index in [2.05, 4.69) is 11.4 Å². The summed E-state index contributed by atoms with van der Waals surface area (Å²) in [6.07, 6.45) is 0. The van der Waals surface area contributed by atoms with Gasteiger partial charge in [-0.2, -0.15) is 5.26 Å². The molecule has 2 rings (SSSR count). The maximum atomic E-state index is 12.9. The third-order valence-corrected chi connectivity index (χ3v) is 2.99. The van der Waals surface area contributed by atoms with Crippen molar-refractivity contribution in [1.82, 2.24) is 0 Å². The largest absolute Gasteiger partial charge is 0.497 e. The van der Waals surface area contributed by atoms with Crippen LogP contribution in [0.5, 0.6) is 11.5 Å². The highest BCUT2D eigenvalue weighted by molar-refractivity contribution is 5.50. The first-order chi connectivity index (χ1) is 10.2. The number of rotatable bonds is 5. The van der Waals surface area contributed by atoms with Crippen LogP contribution in [0.3, 0.4) is 0 Å². The Balaban J connectivity index is 2.28. The molecule has 1 unspecified atom stereocenters. The highest BCUT2D eigenvalue weighted by atomic mass is 19.1. The van der Waals surface area contributed by atoms with Gasteiger partial charge in [-0.05, 0) is 42.0 Å². The Morgan fingerprint density at radius 1 is 1.05 bits per heavy atom. The molecule has 2 aromatic rings. The summed E-state index contributed by atoms with van der Waals surface area (Å²) in [6.45, 7) is 0. The second-order valence-corrected chi connectivity index (χ2v) is 4.36. The molecule has 0 bridgehead atoms. The van der Waals surface area contributed by atoms with Gasteiger partial charge in [-0.1, -0.05) is 0 Å². The predicted octanol–water partition coefficient (Wildman–Crippen LogP) is 3.52. The highest BCUT2D eigenvalue weighted by Crippen LogP contribution is 2.28. The molecule has 2 aromatic carbocycles. The van der Waals surface area contributed by atoms with Crippen LogP contribution in [0.1, 0.15) is 11.6 Å². The molecule has 0 saturated carbocycles. The lowest BCUT2D eigenvalue weighted by Crippen LogP contribution is -2.09.